The third-order valence-electron chi connectivity index (χ3n) is 3.01. The number of nitrogens with zero attached hydrogens (tertiary/aromatic N) is 3. The Labute approximate surface area is 126 Å². The molecule has 2 aromatic heterocycles. The fourth-order valence-corrected chi connectivity index (χ4v) is 2.88. The number of hydrogen-bond donors (Lipinski definition) is 1. The average molecular weight is 302 g/mol. The Morgan fingerprint density at radius 1 is 1.52 bits per heavy atom. The van der Waals surface area contributed by atoms with E-state index >= 15 is 0 Å². The molecule has 7 heteroatoms. The van der Waals surface area contributed by atoms with Crippen LogP contribution in [0.15, 0.2) is 29.8 Å². The van der Waals surface area contributed by atoms with Crippen LogP contribution in [-0.4, -0.2) is 9.91 Å². The number of nitrogens with one attached hydrogen (secondary N) is 1. The lowest BCUT2D eigenvalue weighted by Crippen LogP contribution is -2.17. The van der Waals surface area contributed by atoms with Crippen molar-refractivity contribution in [3.8, 4) is 6.07 Å². The summed E-state index contributed by atoms with van der Waals surface area (Å²) in [6, 6.07) is 7.17. The molecule has 1 N–H and O–H groups in total. The summed E-state index contributed by atoms with van der Waals surface area (Å²) in [5.74, 6) is 0.655. The minimum atomic E-state index is -0.559. The molecule has 108 valence electrons. The zero-order chi connectivity index (χ0) is 15.4. The molecule has 0 saturated carbocycles. The van der Waals surface area contributed by atoms with Crippen LogP contribution >= 0.6 is 11.3 Å². The first-order valence-electron chi connectivity index (χ1n) is 6.37. The van der Waals surface area contributed by atoms with Gasteiger partial charge in [0.15, 0.2) is 0 Å². The summed E-state index contributed by atoms with van der Waals surface area (Å²) >= 11 is 1.62. The molecule has 0 radical (unpaired) electrons. The van der Waals surface area contributed by atoms with Crippen molar-refractivity contribution in [1.82, 2.24) is 4.98 Å². The van der Waals surface area contributed by atoms with Gasteiger partial charge >= 0.3 is 0 Å². The van der Waals surface area contributed by atoms with Crippen molar-refractivity contribution in [2.24, 2.45) is 5.92 Å². The highest BCUT2D eigenvalue weighted by atomic mass is 32.1. The first-order chi connectivity index (χ1) is 10.0. The van der Waals surface area contributed by atoms with Crippen molar-refractivity contribution in [3.05, 3.63) is 50.3 Å². The molecule has 21 heavy (non-hydrogen) atoms. The van der Waals surface area contributed by atoms with Gasteiger partial charge in [0.1, 0.15) is 23.6 Å². The van der Waals surface area contributed by atoms with Gasteiger partial charge in [-0.05, 0) is 17.4 Å². The molecule has 0 aliphatic carbocycles. The van der Waals surface area contributed by atoms with Gasteiger partial charge in [0.2, 0.25) is 0 Å². The van der Waals surface area contributed by atoms with E-state index in [-0.39, 0.29) is 23.2 Å². The van der Waals surface area contributed by atoms with Crippen LogP contribution in [0.3, 0.4) is 0 Å². The Bertz CT molecular complexity index is 677. The van der Waals surface area contributed by atoms with Crippen LogP contribution in [0.25, 0.3) is 0 Å². The van der Waals surface area contributed by atoms with Crippen molar-refractivity contribution in [2.45, 2.75) is 19.9 Å². The van der Waals surface area contributed by atoms with Crippen LogP contribution in [0.5, 0.6) is 0 Å². The van der Waals surface area contributed by atoms with Crippen molar-refractivity contribution in [1.29, 1.82) is 5.26 Å². The van der Waals surface area contributed by atoms with Gasteiger partial charge < -0.3 is 5.32 Å². The Balaban J connectivity index is 2.33. The summed E-state index contributed by atoms with van der Waals surface area (Å²) in [6.07, 6.45) is 1.16. The van der Waals surface area contributed by atoms with E-state index in [1.165, 1.54) is 6.07 Å². The summed E-state index contributed by atoms with van der Waals surface area (Å²) in [5.41, 5.74) is -0.0132. The van der Waals surface area contributed by atoms with Gasteiger partial charge in [0.25, 0.3) is 5.69 Å². The molecule has 6 nitrogen and oxygen atoms in total. The van der Waals surface area contributed by atoms with Crippen LogP contribution < -0.4 is 5.32 Å². The lowest BCUT2D eigenvalue weighted by molar-refractivity contribution is -0.385. The SMILES string of the molecule is CC(C)C(Nc1ncc([N+](=O)[O-])cc1C#N)c1cccs1. The minimum absolute atomic E-state index is 0.00561. The quantitative estimate of drug-likeness (QED) is 0.671. The van der Waals surface area contributed by atoms with E-state index < -0.39 is 4.92 Å². The third-order valence-corrected chi connectivity index (χ3v) is 3.97. The zero-order valence-electron chi connectivity index (χ0n) is 11.6. The Hall–Kier alpha value is -2.46. The van der Waals surface area contributed by atoms with Crippen molar-refractivity contribution in [2.75, 3.05) is 5.32 Å². The van der Waals surface area contributed by atoms with E-state index in [1.54, 1.807) is 11.3 Å². The molecule has 0 spiro atoms. The molecular weight excluding hydrogens is 288 g/mol. The molecule has 2 rings (SSSR count). The van der Waals surface area contributed by atoms with Crippen LogP contribution in [0.4, 0.5) is 11.5 Å². The van der Waals surface area contributed by atoms with Crippen LogP contribution in [0.2, 0.25) is 0 Å². The Morgan fingerprint density at radius 3 is 2.81 bits per heavy atom. The van der Waals surface area contributed by atoms with E-state index in [4.69, 9.17) is 5.26 Å². The standard InChI is InChI=1S/C14H14N4O2S/c1-9(2)13(12-4-3-5-21-12)17-14-10(7-15)6-11(8-16-14)18(19)20/h3-6,8-9,13H,1-2H3,(H,16,17). The number of thiophene rings is 1. The second kappa shape index (κ2) is 6.33. The number of hydrogen-bond acceptors (Lipinski definition) is 6. The molecule has 0 amide bonds. The van der Waals surface area contributed by atoms with Crippen molar-refractivity contribution in [3.63, 3.8) is 0 Å². The van der Waals surface area contributed by atoms with Crippen LogP contribution in [0, 0.1) is 27.4 Å². The van der Waals surface area contributed by atoms with Gasteiger partial charge in [0.05, 0.1) is 11.0 Å². The van der Waals surface area contributed by atoms with E-state index in [1.807, 2.05) is 23.6 Å². The monoisotopic (exact) mass is 302 g/mol. The highest BCUT2D eigenvalue weighted by Crippen LogP contribution is 2.30. The highest BCUT2D eigenvalue weighted by Gasteiger charge is 2.20. The van der Waals surface area contributed by atoms with Crippen molar-refractivity contribution >= 4 is 22.8 Å². The van der Waals surface area contributed by atoms with Crippen molar-refractivity contribution < 1.29 is 4.92 Å². The molecule has 1 unspecified atom stereocenters. The summed E-state index contributed by atoms with van der Waals surface area (Å²) in [5, 5.41) is 25.1. The van der Waals surface area contributed by atoms with Crippen LogP contribution in [-0.2, 0) is 0 Å². The molecular formula is C14H14N4O2S. The Morgan fingerprint density at radius 2 is 2.29 bits per heavy atom. The largest absolute Gasteiger partial charge is 0.361 e. The predicted molar refractivity (Wildman–Crippen MR) is 81.1 cm³/mol. The third kappa shape index (κ3) is 3.35. The zero-order valence-corrected chi connectivity index (χ0v) is 12.4. The van der Waals surface area contributed by atoms with Gasteiger partial charge in [0, 0.05) is 10.9 Å². The second-order valence-corrected chi connectivity index (χ2v) is 5.82. The first-order valence-corrected chi connectivity index (χ1v) is 7.25. The first kappa shape index (κ1) is 14.9. The van der Waals surface area contributed by atoms with E-state index in [2.05, 4.69) is 24.1 Å². The number of aromatic nitrogens is 1. The summed E-state index contributed by atoms with van der Waals surface area (Å²) in [4.78, 5) is 15.3. The average Bonchev–Trinajstić information content (AvgIpc) is 2.97. The maximum Gasteiger partial charge on any atom is 0.289 e. The molecule has 0 aliphatic rings. The maximum absolute atomic E-state index is 10.7. The number of anilines is 1. The molecule has 0 saturated heterocycles. The van der Waals surface area contributed by atoms with Gasteiger partial charge in [-0.15, -0.1) is 11.3 Å². The summed E-state index contributed by atoms with van der Waals surface area (Å²) in [6.45, 7) is 4.13. The van der Waals surface area contributed by atoms with E-state index in [9.17, 15) is 10.1 Å². The molecule has 0 fully saturated rings. The smallest absolute Gasteiger partial charge is 0.289 e. The topological polar surface area (TPSA) is 91.8 Å². The number of rotatable bonds is 5. The van der Waals surface area contributed by atoms with Gasteiger partial charge in [-0.25, -0.2) is 4.98 Å². The lowest BCUT2D eigenvalue weighted by Gasteiger charge is -2.22. The van der Waals surface area contributed by atoms with E-state index in [0.717, 1.165) is 11.1 Å². The molecule has 1 atom stereocenters. The highest BCUT2D eigenvalue weighted by molar-refractivity contribution is 7.10. The van der Waals surface area contributed by atoms with Gasteiger partial charge in [-0.2, -0.15) is 5.26 Å². The number of nitriles is 1. The number of nitro groups is 1. The molecule has 2 heterocycles. The normalized spacial score (nSPS) is 11.9. The predicted octanol–water partition coefficient (Wildman–Crippen LogP) is 3.73. The molecule has 0 bridgehead atoms. The molecule has 0 aliphatic heterocycles. The fourth-order valence-electron chi connectivity index (χ4n) is 1.94. The molecule has 2 aromatic rings. The fraction of sp³-hybridized carbons (Fsp3) is 0.286. The van der Waals surface area contributed by atoms with Crippen LogP contribution in [0.1, 0.15) is 30.3 Å². The maximum atomic E-state index is 10.7. The van der Waals surface area contributed by atoms with Gasteiger partial charge in [-0.1, -0.05) is 19.9 Å². The summed E-state index contributed by atoms with van der Waals surface area (Å²) in [7, 11) is 0. The van der Waals surface area contributed by atoms with Gasteiger partial charge in [-0.3, -0.25) is 10.1 Å². The van der Waals surface area contributed by atoms with E-state index in [0.29, 0.717) is 5.82 Å². The minimum Gasteiger partial charge on any atom is -0.361 e. The second-order valence-electron chi connectivity index (χ2n) is 4.84. The molecule has 0 aromatic carbocycles. The summed E-state index contributed by atoms with van der Waals surface area (Å²) < 4.78 is 0. The lowest BCUT2D eigenvalue weighted by atomic mass is 10.0. The Kier molecular flexibility index (Phi) is 4.50. The number of pyridine rings is 1.